The first kappa shape index (κ1) is 25.4. The molecular formula is C25H22F3N5O2S. The van der Waals surface area contributed by atoms with Crippen molar-refractivity contribution in [2.24, 2.45) is 0 Å². The van der Waals surface area contributed by atoms with Crippen molar-refractivity contribution in [3.63, 3.8) is 0 Å². The average molecular weight is 514 g/mol. The van der Waals surface area contributed by atoms with Gasteiger partial charge < -0.3 is 10.1 Å². The van der Waals surface area contributed by atoms with E-state index >= 15 is 0 Å². The van der Waals surface area contributed by atoms with Crippen LogP contribution < -0.4 is 5.32 Å². The first-order chi connectivity index (χ1) is 17.4. The zero-order chi connectivity index (χ0) is 25.5. The summed E-state index contributed by atoms with van der Waals surface area (Å²) < 4.78 is 46.8. The van der Waals surface area contributed by atoms with Crippen LogP contribution in [0.1, 0.15) is 21.5 Å². The molecule has 0 spiro atoms. The van der Waals surface area contributed by atoms with E-state index in [0.29, 0.717) is 41.0 Å². The number of carbonyl (C=O) groups excluding carboxylic acids is 1. The molecule has 0 aliphatic heterocycles. The van der Waals surface area contributed by atoms with E-state index in [9.17, 15) is 18.0 Å². The third-order valence-electron chi connectivity index (χ3n) is 5.20. The summed E-state index contributed by atoms with van der Waals surface area (Å²) in [5.41, 5.74) is 1.34. The van der Waals surface area contributed by atoms with E-state index in [-0.39, 0.29) is 11.6 Å². The molecule has 2 heterocycles. The number of thioether (sulfide) groups is 1. The van der Waals surface area contributed by atoms with E-state index in [2.05, 4.69) is 20.5 Å². The molecule has 0 saturated heterocycles. The van der Waals surface area contributed by atoms with E-state index in [0.717, 1.165) is 17.7 Å². The summed E-state index contributed by atoms with van der Waals surface area (Å²) in [6.07, 6.45) is -1.33. The van der Waals surface area contributed by atoms with Gasteiger partial charge >= 0.3 is 6.18 Å². The average Bonchev–Trinajstić information content (AvgIpc) is 3.32. The Kier molecular flexibility index (Phi) is 8.01. The first-order valence-corrected chi connectivity index (χ1v) is 11.9. The lowest BCUT2D eigenvalue weighted by atomic mass is 10.1. The summed E-state index contributed by atoms with van der Waals surface area (Å²) >= 11 is 1.27. The minimum atomic E-state index is -4.50. The van der Waals surface area contributed by atoms with Gasteiger partial charge in [0.25, 0.3) is 5.91 Å². The van der Waals surface area contributed by atoms with Crippen LogP contribution in [0.3, 0.4) is 0 Å². The third-order valence-corrected chi connectivity index (χ3v) is 6.17. The Bertz CT molecular complexity index is 1330. The number of methoxy groups -OCH3 is 1. The van der Waals surface area contributed by atoms with E-state index in [1.165, 1.54) is 17.8 Å². The lowest BCUT2D eigenvalue weighted by Gasteiger charge is -2.14. The van der Waals surface area contributed by atoms with Crippen LogP contribution in [0, 0.1) is 0 Å². The second kappa shape index (κ2) is 11.4. The number of nitrogens with one attached hydrogen (secondary N) is 1. The van der Waals surface area contributed by atoms with Crippen LogP contribution in [0.5, 0.6) is 0 Å². The fourth-order valence-corrected chi connectivity index (χ4v) is 4.43. The number of hydrogen-bond donors (Lipinski definition) is 1. The number of alkyl halides is 3. The van der Waals surface area contributed by atoms with Gasteiger partial charge in [-0.3, -0.25) is 14.3 Å². The van der Waals surface area contributed by atoms with Gasteiger partial charge in [0.15, 0.2) is 11.0 Å². The Hall–Kier alpha value is -3.70. The van der Waals surface area contributed by atoms with Crippen LogP contribution in [0.25, 0.3) is 17.1 Å². The van der Waals surface area contributed by atoms with Crippen LogP contribution in [-0.4, -0.2) is 45.9 Å². The summed E-state index contributed by atoms with van der Waals surface area (Å²) in [7, 11) is 1.55. The topological polar surface area (TPSA) is 81.9 Å². The van der Waals surface area contributed by atoms with Gasteiger partial charge in [0.05, 0.1) is 17.9 Å². The molecule has 0 saturated carbocycles. The molecule has 186 valence electrons. The summed E-state index contributed by atoms with van der Waals surface area (Å²) in [4.78, 5) is 16.7. The third kappa shape index (κ3) is 5.92. The largest absolute Gasteiger partial charge is 0.416 e. The second-order valence-corrected chi connectivity index (χ2v) is 8.57. The molecule has 11 heteroatoms. The number of aromatic nitrogens is 4. The normalized spacial score (nSPS) is 11.4. The maximum absolute atomic E-state index is 13.4. The molecule has 36 heavy (non-hydrogen) atoms. The van der Waals surface area contributed by atoms with E-state index in [1.807, 2.05) is 12.1 Å². The molecule has 0 radical (unpaired) electrons. The Morgan fingerprint density at radius 3 is 2.67 bits per heavy atom. The van der Waals surface area contributed by atoms with Crippen LogP contribution in [0.15, 0.2) is 78.2 Å². The molecule has 4 rings (SSSR count). The monoisotopic (exact) mass is 513 g/mol. The lowest BCUT2D eigenvalue weighted by Crippen LogP contribution is -2.27. The van der Waals surface area contributed by atoms with Crippen molar-refractivity contribution in [3.05, 3.63) is 89.7 Å². The van der Waals surface area contributed by atoms with Crippen molar-refractivity contribution < 1.29 is 22.7 Å². The zero-order valence-electron chi connectivity index (χ0n) is 19.2. The molecule has 2 aromatic heterocycles. The van der Waals surface area contributed by atoms with Crippen molar-refractivity contribution in [3.8, 4) is 17.1 Å². The molecule has 1 amide bonds. The van der Waals surface area contributed by atoms with Crippen molar-refractivity contribution in [1.82, 2.24) is 25.1 Å². The van der Waals surface area contributed by atoms with E-state index in [4.69, 9.17) is 4.74 Å². The molecule has 0 aliphatic carbocycles. The van der Waals surface area contributed by atoms with Gasteiger partial charge in [0.2, 0.25) is 0 Å². The molecule has 0 aliphatic rings. The minimum absolute atomic E-state index is 0.237. The van der Waals surface area contributed by atoms with Gasteiger partial charge in [0.1, 0.15) is 0 Å². The predicted molar refractivity (Wildman–Crippen MR) is 130 cm³/mol. The SMILES string of the molecule is COCCNC(=O)c1ccccc1CSc1nnc(-c2cccnc2)n1-c1cccc(C(F)(F)F)c1. The predicted octanol–water partition coefficient (Wildman–Crippen LogP) is 5.02. The van der Waals surface area contributed by atoms with Gasteiger partial charge in [-0.15, -0.1) is 10.2 Å². The number of nitrogens with zero attached hydrogens (tertiary/aromatic N) is 4. The number of ether oxygens (including phenoxy) is 1. The van der Waals surface area contributed by atoms with Crippen LogP contribution in [0.2, 0.25) is 0 Å². The maximum Gasteiger partial charge on any atom is 0.416 e. The molecule has 7 nitrogen and oxygen atoms in total. The summed E-state index contributed by atoms with van der Waals surface area (Å²) in [6, 6.07) is 15.6. The first-order valence-electron chi connectivity index (χ1n) is 10.9. The van der Waals surface area contributed by atoms with Gasteiger partial charge in [0, 0.05) is 42.9 Å². The quantitative estimate of drug-likeness (QED) is 0.250. The molecule has 0 unspecified atom stereocenters. The van der Waals surface area contributed by atoms with Gasteiger partial charge in [-0.1, -0.05) is 36.0 Å². The Morgan fingerprint density at radius 2 is 1.92 bits per heavy atom. The standard InChI is InChI=1S/C25H22F3N5O2S/c1-35-13-12-30-23(34)21-10-3-2-6-18(21)16-36-24-32-31-22(17-7-5-11-29-15-17)33(24)20-9-4-8-19(14-20)25(26,27)28/h2-11,14-15H,12-13,16H2,1H3,(H,30,34). The highest BCUT2D eigenvalue weighted by atomic mass is 32.2. The Balaban J connectivity index is 1.68. The van der Waals surface area contributed by atoms with Crippen LogP contribution in [0.4, 0.5) is 13.2 Å². The smallest absolute Gasteiger partial charge is 0.383 e. The van der Waals surface area contributed by atoms with E-state index < -0.39 is 11.7 Å². The minimum Gasteiger partial charge on any atom is -0.383 e. The highest BCUT2D eigenvalue weighted by Gasteiger charge is 2.31. The molecule has 0 fully saturated rings. The zero-order valence-corrected chi connectivity index (χ0v) is 20.0. The molecule has 2 aromatic carbocycles. The summed E-state index contributed by atoms with van der Waals surface area (Å²) in [5, 5.41) is 11.7. The lowest BCUT2D eigenvalue weighted by molar-refractivity contribution is -0.137. The maximum atomic E-state index is 13.4. The molecular weight excluding hydrogens is 491 g/mol. The van der Waals surface area contributed by atoms with Crippen LogP contribution >= 0.6 is 11.8 Å². The van der Waals surface area contributed by atoms with Gasteiger partial charge in [-0.2, -0.15) is 13.2 Å². The molecule has 1 N–H and O–H groups in total. The molecule has 4 aromatic rings. The molecule has 0 atom stereocenters. The van der Waals surface area contributed by atoms with Crippen molar-refractivity contribution in [2.75, 3.05) is 20.3 Å². The number of hydrogen-bond acceptors (Lipinski definition) is 6. The number of benzene rings is 2. The Labute approximate surface area is 209 Å². The number of halogens is 3. The fourth-order valence-electron chi connectivity index (χ4n) is 3.47. The number of carbonyl (C=O) groups is 1. The van der Waals surface area contributed by atoms with Crippen molar-refractivity contribution >= 4 is 17.7 Å². The second-order valence-electron chi connectivity index (χ2n) is 7.63. The van der Waals surface area contributed by atoms with Gasteiger partial charge in [-0.25, -0.2) is 0 Å². The Morgan fingerprint density at radius 1 is 1.08 bits per heavy atom. The summed E-state index contributed by atoms with van der Waals surface area (Å²) in [6.45, 7) is 0.759. The van der Waals surface area contributed by atoms with Crippen molar-refractivity contribution in [2.45, 2.75) is 17.1 Å². The summed E-state index contributed by atoms with van der Waals surface area (Å²) in [5.74, 6) is 0.465. The van der Waals surface area contributed by atoms with Gasteiger partial charge in [-0.05, 0) is 42.0 Å². The van der Waals surface area contributed by atoms with E-state index in [1.54, 1.807) is 54.4 Å². The number of amides is 1. The number of pyridine rings is 1. The van der Waals surface area contributed by atoms with Crippen LogP contribution in [-0.2, 0) is 16.7 Å². The van der Waals surface area contributed by atoms with Crippen molar-refractivity contribution in [1.29, 1.82) is 0 Å². The highest BCUT2D eigenvalue weighted by Crippen LogP contribution is 2.34. The fraction of sp³-hybridized carbons (Fsp3) is 0.200. The number of rotatable bonds is 9. The highest BCUT2D eigenvalue weighted by molar-refractivity contribution is 7.98. The molecule has 0 bridgehead atoms.